The summed E-state index contributed by atoms with van der Waals surface area (Å²) in [5, 5.41) is 21.8. The Hall–Kier alpha value is -0.160. The lowest BCUT2D eigenvalue weighted by molar-refractivity contribution is 0.131. The van der Waals surface area contributed by atoms with Gasteiger partial charge in [-0.1, -0.05) is 26.2 Å². The topological polar surface area (TPSA) is 55.7 Å². The molecule has 0 aromatic rings. The van der Waals surface area contributed by atoms with Crippen LogP contribution in [0.4, 0.5) is 0 Å². The van der Waals surface area contributed by atoms with Crippen molar-refractivity contribution in [2.75, 3.05) is 39.4 Å². The summed E-state index contributed by atoms with van der Waals surface area (Å²) in [7, 11) is 0. The van der Waals surface area contributed by atoms with Gasteiger partial charge in [-0.2, -0.15) is 0 Å². The van der Waals surface area contributed by atoms with Gasteiger partial charge in [-0.25, -0.2) is 0 Å². The molecule has 3 N–H and O–H groups in total. The summed E-state index contributed by atoms with van der Waals surface area (Å²) in [6, 6.07) is 0.609. The molecule has 4 nitrogen and oxygen atoms in total. The van der Waals surface area contributed by atoms with Gasteiger partial charge in [-0.3, -0.25) is 4.90 Å². The second-order valence-corrected chi connectivity index (χ2v) is 5.31. The zero-order chi connectivity index (χ0) is 13.2. The Kier molecular flexibility index (Phi) is 8.59. The highest BCUT2D eigenvalue weighted by Crippen LogP contribution is 2.24. The molecular weight excluding hydrogens is 228 g/mol. The zero-order valence-corrected chi connectivity index (χ0v) is 11.8. The molecule has 4 heteroatoms. The third-order valence-electron chi connectivity index (χ3n) is 3.95. The molecule has 18 heavy (non-hydrogen) atoms. The molecule has 0 bridgehead atoms. The van der Waals surface area contributed by atoms with Crippen LogP contribution < -0.4 is 5.32 Å². The molecule has 0 saturated heterocycles. The van der Waals surface area contributed by atoms with Crippen molar-refractivity contribution >= 4 is 0 Å². The highest BCUT2D eigenvalue weighted by Gasteiger charge is 2.24. The van der Waals surface area contributed by atoms with Crippen molar-refractivity contribution in [2.45, 2.75) is 45.1 Å². The van der Waals surface area contributed by atoms with Crippen molar-refractivity contribution in [1.29, 1.82) is 0 Å². The Morgan fingerprint density at radius 2 is 1.72 bits per heavy atom. The lowest BCUT2D eigenvalue weighted by Crippen LogP contribution is -2.43. The highest BCUT2D eigenvalue weighted by molar-refractivity contribution is 4.81. The van der Waals surface area contributed by atoms with E-state index in [0.717, 1.165) is 13.1 Å². The monoisotopic (exact) mass is 258 g/mol. The molecular formula is C14H30N2O2. The Morgan fingerprint density at radius 3 is 2.33 bits per heavy atom. The molecule has 1 saturated carbocycles. The van der Waals surface area contributed by atoms with Crippen LogP contribution in [0, 0.1) is 5.92 Å². The predicted molar refractivity (Wildman–Crippen MR) is 74.7 cm³/mol. The van der Waals surface area contributed by atoms with E-state index in [4.69, 9.17) is 10.2 Å². The van der Waals surface area contributed by atoms with Crippen molar-refractivity contribution in [3.63, 3.8) is 0 Å². The molecule has 0 radical (unpaired) electrons. The number of aliphatic hydroxyl groups excluding tert-OH is 2. The summed E-state index contributed by atoms with van der Waals surface area (Å²) in [4.78, 5) is 2.19. The van der Waals surface area contributed by atoms with Gasteiger partial charge in [0.05, 0.1) is 13.2 Å². The van der Waals surface area contributed by atoms with Gasteiger partial charge in [-0.15, -0.1) is 0 Å². The summed E-state index contributed by atoms with van der Waals surface area (Å²) in [5.74, 6) is 0.658. The van der Waals surface area contributed by atoms with Gasteiger partial charge in [0.25, 0.3) is 0 Å². The third-order valence-corrected chi connectivity index (χ3v) is 3.95. The largest absolute Gasteiger partial charge is 0.395 e. The second-order valence-electron chi connectivity index (χ2n) is 5.31. The molecule has 1 fully saturated rings. The molecule has 0 spiro atoms. The maximum absolute atomic E-state index is 9.08. The maximum atomic E-state index is 9.08. The number of nitrogens with one attached hydrogen (secondary N) is 1. The molecule has 2 atom stereocenters. The molecule has 0 heterocycles. The number of rotatable bonds is 8. The fourth-order valence-corrected chi connectivity index (χ4v) is 3.04. The summed E-state index contributed by atoms with van der Waals surface area (Å²) < 4.78 is 0. The molecule has 0 aromatic heterocycles. The Bertz CT molecular complexity index is 196. The molecule has 1 aliphatic carbocycles. The summed E-state index contributed by atoms with van der Waals surface area (Å²) in [5.41, 5.74) is 0. The quantitative estimate of drug-likeness (QED) is 0.565. The van der Waals surface area contributed by atoms with Crippen LogP contribution in [-0.2, 0) is 0 Å². The van der Waals surface area contributed by atoms with Gasteiger partial charge in [0.1, 0.15) is 0 Å². The third kappa shape index (κ3) is 5.65. The van der Waals surface area contributed by atoms with Gasteiger partial charge in [0.2, 0.25) is 0 Å². The van der Waals surface area contributed by atoms with E-state index in [2.05, 4.69) is 17.1 Å². The summed E-state index contributed by atoms with van der Waals surface area (Å²) >= 11 is 0. The Balaban J connectivity index is 2.51. The van der Waals surface area contributed by atoms with Crippen LogP contribution in [0.1, 0.15) is 39.0 Å². The minimum absolute atomic E-state index is 0.179. The minimum atomic E-state index is 0.179. The van der Waals surface area contributed by atoms with Gasteiger partial charge >= 0.3 is 0 Å². The van der Waals surface area contributed by atoms with Crippen molar-refractivity contribution in [3.8, 4) is 0 Å². The van der Waals surface area contributed by atoms with E-state index >= 15 is 0 Å². The minimum Gasteiger partial charge on any atom is -0.395 e. The Morgan fingerprint density at radius 1 is 1.06 bits per heavy atom. The van der Waals surface area contributed by atoms with Crippen LogP contribution in [-0.4, -0.2) is 60.5 Å². The number of aliphatic hydroxyl groups is 2. The molecule has 2 unspecified atom stereocenters. The van der Waals surface area contributed by atoms with Crippen LogP contribution in [0.15, 0.2) is 0 Å². The molecule has 0 amide bonds. The first kappa shape index (κ1) is 15.9. The summed E-state index contributed by atoms with van der Waals surface area (Å²) in [6.45, 7) is 5.91. The zero-order valence-electron chi connectivity index (χ0n) is 11.8. The van der Waals surface area contributed by atoms with Gasteiger partial charge < -0.3 is 15.5 Å². The van der Waals surface area contributed by atoms with E-state index in [0.29, 0.717) is 25.0 Å². The SMILES string of the molecule is CCNC1CCCCCC1CN(CCO)CCO. The van der Waals surface area contributed by atoms with Crippen LogP contribution in [0.3, 0.4) is 0 Å². The lowest BCUT2D eigenvalue weighted by Gasteiger charge is -2.31. The van der Waals surface area contributed by atoms with E-state index in [1.54, 1.807) is 0 Å². The van der Waals surface area contributed by atoms with Crippen molar-refractivity contribution in [3.05, 3.63) is 0 Å². The number of hydrogen-bond donors (Lipinski definition) is 3. The first-order valence-electron chi connectivity index (χ1n) is 7.49. The van der Waals surface area contributed by atoms with Crippen molar-refractivity contribution in [1.82, 2.24) is 10.2 Å². The fourth-order valence-electron chi connectivity index (χ4n) is 3.04. The van der Waals surface area contributed by atoms with Crippen LogP contribution in [0.2, 0.25) is 0 Å². The fraction of sp³-hybridized carbons (Fsp3) is 1.00. The van der Waals surface area contributed by atoms with E-state index in [1.807, 2.05) is 0 Å². The average molecular weight is 258 g/mol. The van der Waals surface area contributed by atoms with Crippen molar-refractivity contribution < 1.29 is 10.2 Å². The second kappa shape index (κ2) is 9.73. The first-order valence-corrected chi connectivity index (χ1v) is 7.49. The smallest absolute Gasteiger partial charge is 0.0558 e. The summed E-state index contributed by atoms with van der Waals surface area (Å²) in [6.07, 6.45) is 6.53. The normalized spacial score (nSPS) is 25.3. The number of hydrogen-bond acceptors (Lipinski definition) is 4. The van der Waals surface area contributed by atoms with Crippen LogP contribution in [0.5, 0.6) is 0 Å². The highest BCUT2D eigenvalue weighted by atomic mass is 16.3. The predicted octanol–water partition coefficient (Wildman–Crippen LogP) is 0.831. The molecule has 1 aliphatic rings. The average Bonchev–Trinajstić information content (AvgIpc) is 2.57. The Labute approximate surface area is 111 Å². The standard InChI is InChI=1S/C14H30N2O2/c1-2-15-14-7-5-3-4-6-13(14)12-16(8-10-17)9-11-18/h13-15,17-18H,2-12H2,1H3. The molecule has 0 aromatic carbocycles. The maximum Gasteiger partial charge on any atom is 0.0558 e. The van der Waals surface area contributed by atoms with Gasteiger partial charge in [0, 0.05) is 25.7 Å². The lowest BCUT2D eigenvalue weighted by atomic mass is 9.94. The van der Waals surface area contributed by atoms with E-state index < -0.39 is 0 Å². The molecule has 0 aliphatic heterocycles. The number of nitrogens with zero attached hydrogens (tertiary/aromatic N) is 1. The van der Waals surface area contributed by atoms with Crippen LogP contribution >= 0.6 is 0 Å². The van der Waals surface area contributed by atoms with Gasteiger partial charge in [0.15, 0.2) is 0 Å². The molecule has 1 rings (SSSR count). The van der Waals surface area contributed by atoms with Crippen molar-refractivity contribution in [2.24, 2.45) is 5.92 Å². The first-order chi connectivity index (χ1) is 8.81. The molecule has 108 valence electrons. The van der Waals surface area contributed by atoms with E-state index in [1.165, 1.54) is 32.1 Å². The van der Waals surface area contributed by atoms with E-state index in [-0.39, 0.29) is 13.2 Å². The van der Waals surface area contributed by atoms with Crippen LogP contribution in [0.25, 0.3) is 0 Å². The van der Waals surface area contributed by atoms with Gasteiger partial charge in [-0.05, 0) is 25.3 Å². The van der Waals surface area contributed by atoms with E-state index in [9.17, 15) is 0 Å².